The van der Waals surface area contributed by atoms with Crippen molar-refractivity contribution in [2.24, 2.45) is 0 Å². The number of hydrogen-bond acceptors (Lipinski definition) is 6. The van der Waals surface area contributed by atoms with E-state index < -0.39 is 11.8 Å². The Bertz CT molecular complexity index is 568. The van der Waals surface area contributed by atoms with E-state index in [1.807, 2.05) is 18.2 Å². The van der Waals surface area contributed by atoms with Crippen LogP contribution in [0.15, 0.2) is 24.4 Å². The van der Waals surface area contributed by atoms with Gasteiger partial charge in [-0.2, -0.15) is 0 Å². The zero-order chi connectivity index (χ0) is 17.5. The molecule has 2 fully saturated rings. The number of hydrogen-bond donors (Lipinski definition) is 2. The Morgan fingerprint density at radius 1 is 1.08 bits per heavy atom. The van der Waals surface area contributed by atoms with Gasteiger partial charge < -0.3 is 20.4 Å². The average molecular weight is 346 g/mol. The summed E-state index contributed by atoms with van der Waals surface area (Å²) in [5.41, 5.74) is 0. The van der Waals surface area contributed by atoms with Crippen LogP contribution in [0.25, 0.3) is 0 Å². The summed E-state index contributed by atoms with van der Waals surface area (Å²) in [5, 5.41) is 6.04. The summed E-state index contributed by atoms with van der Waals surface area (Å²) in [6, 6.07) is 5.79. The number of pyridine rings is 1. The minimum Gasteiger partial charge on any atom is -0.353 e. The quantitative estimate of drug-likeness (QED) is 0.664. The van der Waals surface area contributed by atoms with Crippen molar-refractivity contribution in [2.45, 2.75) is 0 Å². The minimum atomic E-state index is -0.499. The molecule has 1 aromatic rings. The van der Waals surface area contributed by atoms with Crippen LogP contribution in [0.3, 0.4) is 0 Å². The lowest BCUT2D eigenvalue weighted by atomic mass is 10.3. The second-order valence-electron chi connectivity index (χ2n) is 6.31. The number of carbonyl (C=O) groups is 2. The monoisotopic (exact) mass is 346 g/mol. The van der Waals surface area contributed by atoms with E-state index in [-0.39, 0.29) is 0 Å². The maximum Gasteiger partial charge on any atom is 0.312 e. The first-order valence-electron chi connectivity index (χ1n) is 8.90. The fraction of sp³-hybridized carbons (Fsp3) is 0.588. The molecule has 8 nitrogen and oxygen atoms in total. The lowest BCUT2D eigenvalue weighted by Crippen LogP contribution is -2.53. The molecule has 0 aliphatic carbocycles. The highest BCUT2D eigenvalue weighted by Crippen LogP contribution is 2.12. The van der Waals surface area contributed by atoms with Crippen LogP contribution in [0.1, 0.15) is 0 Å². The molecule has 136 valence electrons. The van der Waals surface area contributed by atoms with Crippen molar-refractivity contribution in [3.8, 4) is 0 Å². The van der Waals surface area contributed by atoms with Gasteiger partial charge in [-0.05, 0) is 12.1 Å². The van der Waals surface area contributed by atoms with Crippen molar-refractivity contribution >= 4 is 17.6 Å². The van der Waals surface area contributed by atoms with Crippen molar-refractivity contribution in [1.82, 2.24) is 25.4 Å². The minimum absolute atomic E-state index is 0.430. The van der Waals surface area contributed by atoms with E-state index in [4.69, 9.17) is 0 Å². The average Bonchev–Trinajstić information content (AvgIpc) is 2.69. The summed E-state index contributed by atoms with van der Waals surface area (Å²) in [7, 11) is 0. The smallest absolute Gasteiger partial charge is 0.312 e. The van der Waals surface area contributed by atoms with Gasteiger partial charge in [0.05, 0.1) is 0 Å². The summed E-state index contributed by atoms with van der Waals surface area (Å²) in [6.07, 6.45) is 1.76. The van der Waals surface area contributed by atoms with E-state index >= 15 is 0 Å². The normalized spacial score (nSPS) is 18.9. The van der Waals surface area contributed by atoms with Crippen molar-refractivity contribution in [3.05, 3.63) is 24.4 Å². The third-order valence-electron chi connectivity index (χ3n) is 4.66. The molecule has 2 saturated heterocycles. The van der Waals surface area contributed by atoms with Gasteiger partial charge in [0.15, 0.2) is 0 Å². The Kier molecular flexibility index (Phi) is 6.19. The molecule has 0 saturated carbocycles. The second kappa shape index (κ2) is 8.77. The Morgan fingerprint density at radius 3 is 2.52 bits per heavy atom. The standard InChI is InChI=1S/C17H26N6O2/c24-16(20-7-10-21-8-5-18-6-9-21)17(25)23-13-11-22(12-14-23)15-3-1-2-4-19-15/h1-4,18H,5-14H2,(H,20,24). The molecular weight excluding hydrogens is 320 g/mol. The molecule has 2 aliphatic heterocycles. The second-order valence-corrected chi connectivity index (χ2v) is 6.31. The molecule has 25 heavy (non-hydrogen) atoms. The highest BCUT2D eigenvalue weighted by Gasteiger charge is 2.26. The number of nitrogens with zero attached hydrogens (tertiary/aromatic N) is 4. The van der Waals surface area contributed by atoms with Crippen LogP contribution in [-0.4, -0.2) is 92.0 Å². The summed E-state index contributed by atoms with van der Waals surface area (Å²) in [4.78, 5) is 34.7. The van der Waals surface area contributed by atoms with Gasteiger partial charge in [-0.15, -0.1) is 0 Å². The van der Waals surface area contributed by atoms with Gasteiger partial charge >= 0.3 is 11.8 Å². The topological polar surface area (TPSA) is 80.8 Å². The highest BCUT2D eigenvalue weighted by molar-refractivity contribution is 6.35. The molecule has 0 atom stereocenters. The molecule has 2 aliphatic rings. The molecule has 0 spiro atoms. The predicted molar refractivity (Wildman–Crippen MR) is 95.3 cm³/mol. The first kappa shape index (κ1) is 17.6. The van der Waals surface area contributed by atoms with Crippen LogP contribution in [0.4, 0.5) is 5.82 Å². The molecule has 0 aromatic carbocycles. The zero-order valence-electron chi connectivity index (χ0n) is 14.5. The largest absolute Gasteiger partial charge is 0.353 e. The van der Waals surface area contributed by atoms with Crippen LogP contribution in [0.2, 0.25) is 0 Å². The number of anilines is 1. The van der Waals surface area contributed by atoms with Crippen LogP contribution < -0.4 is 15.5 Å². The van der Waals surface area contributed by atoms with Gasteiger partial charge in [-0.25, -0.2) is 4.98 Å². The van der Waals surface area contributed by atoms with E-state index in [1.54, 1.807) is 11.1 Å². The molecule has 2 N–H and O–H groups in total. The Labute approximate surface area is 148 Å². The molecule has 2 amide bonds. The van der Waals surface area contributed by atoms with Gasteiger partial charge in [0, 0.05) is 71.6 Å². The summed E-state index contributed by atoms with van der Waals surface area (Å²) < 4.78 is 0. The Hall–Kier alpha value is -2.19. The van der Waals surface area contributed by atoms with Crippen molar-refractivity contribution in [2.75, 3.05) is 70.3 Å². The number of rotatable bonds is 4. The zero-order valence-corrected chi connectivity index (χ0v) is 14.5. The fourth-order valence-corrected chi connectivity index (χ4v) is 3.16. The maximum absolute atomic E-state index is 12.3. The van der Waals surface area contributed by atoms with E-state index in [0.29, 0.717) is 32.7 Å². The number of carbonyl (C=O) groups excluding carboxylic acids is 2. The number of amides is 2. The van der Waals surface area contributed by atoms with E-state index in [0.717, 1.165) is 38.5 Å². The third-order valence-corrected chi connectivity index (χ3v) is 4.66. The van der Waals surface area contributed by atoms with Crippen LogP contribution in [0.5, 0.6) is 0 Å². The molecule has 0 radical (unpaired) electrons. The van der Waals surface area contributed by atoms with Crippen molar-refractivity contribution in [1.29, 1.82) is 0 Å². The lowest BCUT2D eigenvalue weighted by molar-refractivity contribution is -0.146. The molecule has 3 heterocycles. The van der Waals surface area contributed by atoms with E-state index in [9.17, 15) is 9.59 Å². The predicted octanol–water partition coefficient (Wildman–Crippen LogP) is -1.25. The highest BCUT2D eigenvalue weighted by atomic mass is 16.2. The SMILES string of the molecule is O=C(NCCN1CCNCC1)C(=O)N1CCN(c2ccccn2)CC1. The van der Waals surface area contributed by atoms with Gasteiger partial charge in [-0.1, -0.05) is 6.07 Å². The summed E-state index contributed by atoms with van der Waals surface area (Å²) in [5.74, 6) is -0.0162. The first-order valence-corrected chi connectivity index (χ1v) is 8.90. The number of nitrogens with one attached hydrogen (secondary N) is 2. The Balaban J connectivity index is 1.38. The van der Waals surface area contributed by atoms with Crippen LogP contribution >= 0.6 is 0 Å². The molecule has 0 bridgehead atoms. The Morgan fingerprint density at radius 2 is 1.84 bits per heavy atom. The lowest BCUT2D eigenvalue weighted by Gasteiger charge is -2.35. The van der Waals surface area contributed by atoms with Gasteiger partial charge in [0.25, 0.3) is 0 Å². The summed E-state index contributed by atoms with van der Waals surface area (Å²) >= 11 is 0. The molecule has 8 heteroatoms. The molecule has 1 aromatic heterocycles. The van der Waals surface area contributed by atoms with Gasteiger partial charge in [-0.3, -0.25) is 14.5 Å². The van der Waals surface area contributed by atoms with Gasteiger partial charge in [0.2, 0.25) is 0 Å². The van der Waals surface area contributed by atoms with Crippen LogP contribution in [0, 0.1) is 0 Å². The third kappa shape index (κ3) is 4.90. The first-order chi connectivity index (χ1) is 12.2. The van der Waals surface area contributed by atoms with E-state index in [2.05, 4.69) is 25.4 Å². The van der Waals surface area contributed by atoms with Crippen molar-refractivity contribution < 1.29 is 9.59 Å². The number of aromatic nitrogens is 1. The maximum atomic E-state index is 12.3. The number of piperazine rings is 2. The summed E-state index contributed by atoms with van der Waals surface area (Å²) in [6.45, 7) is 7.70. The van der Waals surface area contributed by atoms with Crippen LogP contribution in [-0.2, 0) is 9.59 Å². The fourth-order valence-electron chi connectivity index (χ4n) is 3.16. The molecular formula is C17H26N6O2. The van der Waals surface area contributed by atoms with Gasteiger partial charge in [0.1, 0.15) is 5.82 Å². The molecule has 3 rings (SSSR count). The van der Waals surface area contributed by atoms with Crippen molar-refractivity contribution in [3.63, 3.8) is 0 Å². The van der Waals surface area contributed by atoms with E-state index in [1.165, 1.54) is 0 Å². The molecule has 0 unspecified atom stereocenters.